The zero-order valence-corrected chi connectivity index (χ0v) is 10.7. The zero-order valence-electron chi connectivity index (χ0n) is 10.7. The smallest absolute Gasteiger partial charge is 0.395 e. The quantitative estimate of drug-likeness (QED) is 0.934. The second kappa shape index (κ2) is 4.32. The van der Waals surface area contributed by atoms with Gasteiger partial charge in [0.2, 0.25) is 5.89 Å². The van der Waals surface area contributed by atoms with Gasteiger partial charge in [0.25, 0.3) is 0 Å². The minimum atomic E-state index is -3.61. The molecule has 1 aromatic heterocycles. The van der Waals surface area contributed by atoms with E-state index in [1.54, 1.807) is 13.0 Å². The summed E-state index contributed by atoms with van der Waals surface area (Å²) in [6.45, 7) is 3.52. The highest BCUT2D eigenvalue weighted by atomic mass is 19.3. The number of halogens is 2. The minimum Gasteiger partial charge on any atom is -0.395 e. The van der Waals surface area contributed by atoms with E-state index in [-0.39, 0.29) is 17.5 Å². The summed E-state index contributed by atoms with van der Waals surface area (Å²) in [6.07, 6.45) is -3.61. The van der Waals surface area contributed by atoms with Crippen LogP contribution in [-0.2, 0) is 0 Å². The molecule has 0 aliphatic carbocycles. The molecule has 1 atom stereocenters. The van der Waals surface area contributed by atoms with E-state index >= 15 is 0 Å². The lowest BCUT2D eigenvalue weighted by atomic mass is 10.2. The summed E-state index contributed by atoms with van der Waals surface area (Å²) in [5.74, 6) is 0.917. The number of nitrogens with zero attached hydrogens (tertiary/aromatic N) is 2. The van der Waals surface area contributed by atoms with Crippen LogP contribution in [0, 0.1) is 6.92 Å². The average molecular weight is 283 g/mol. The van der Waals surface area contributed by atoms with Gasteiger partial charge in [-0.15, -0.1) is 8.78 Å². The molecular weight excluding hydrogens is 272 g/mol. The third kappa shape index (κ3) is 2.36. The first-order valence-corrected chi connectivity index (χ1v) is 5.89. The van der Waals surface area contributed by atoms with Crippen LogP contribution in [0.1, 0.15) is 24.7 Å². The highest BCUT2D eigenvalue weighted by Crippen LogP contribution is 2.42. The number of rotatable bonds is 3. The lowest BCUT2D eigenvalue weighted by molar-refractivity contribution is -0.286. The number of hydrogen-bond acceptors (Lipinski definition) is 6. The Kier molecular flexibility index (Phi) is 2.73. The van der Waals surface area contributed by atoms with Crippen LogP contribution in [0.15, 0.2) is 22.7 Å². The maximum atomic E-state index is 12.9. The van der Waals surface area contributed by atoms with Gasteiger partial charge in [-0.3, -0.25) is 0 Å². The molecule has 0 saturated heterocycles. The van der Waals surface area contributed by atoms with Gasteiger partial charge in [0, 0.05) is 11.8 Å². The maximum Gasteiger partial charge on any atom is 0.586 e. The predicted octanol–water partition coefficient (Wildman–Crippen LogP) is 2.87. The van der Waals surface area contributed by atoms with Crippen molar-refractivity contribution in [1.29, 1.82) is 0 Å². The summed E-state index contributed by atoms with van der Waals surface area (Å²) in [6, 6.07) is 4.17. The molecule has 0 radical (unpaired) electrons. The van der Waals surface area contributed by atoms with E-state index in [9.17, 15) is 8.78 Å². The van der Waals surface area contributed by atoms with Crippen molar-refractivity contribution >= 4 is 5.69 Å². The van der Waals surface area contributed by atoms with Gasteiger partial charge in [0.05, 0.1) is 0 Å². The molecule has 6 nitrogen and oxygen atoms in total. The first-order valence-electron chi connectivity index (χ1n) is 5.89. The molecule has 0 bridgehead atoms. The van der Waals surface area contributed by atoms with Crippen molar-refractivity contribution in [1.82, 2.24) is 10.1 Å². The number of fused-ring (bicyclic) bond motifs is 1. The van der Waals surface area contributed by atoms with Gasteiger partial charge >= 0.3 is 6.29 Å². The van der Waals surface area contributed by atoms with Gasteiger partial charge < -0.3 is 19.3 Å². The predicted molar refractivity (Wildman–Crippen MR) is 63.7 cm³/mol. The molecule has 1 aromatic carbocycles. The SMILES string of the molecule is Cc1noc([C@@H](C)Nc2ccc3c(c2)OC(F)(F)O3)n1. The molecule has 0 spiro atoms. The molecule has 3 rings (SSSR count). The highest BCUT2D eigenvalue weighted by Gasteiger charge is 2.43. The average Bonchev–Trinajstić information content (AvgIpc) is 2.90. The standard InChI is InChI=1S/C12H11F2N3O3/c1-6(11-16-7(2)17-20-11)15-8-3-4-9-10(5-8)19-12(13,14)18-9/h3-6,15H,1-2H3/t6-/m1/s1. The van der Waals surface area contributed by atoms with E-state index in [4.69, 9.17) is 4.52 Å². The second-order valence-electron chi connectivity index (χ2n) is 4.37. The monoisotopic (exact) mass is 283 g/mol. The molecular formula is C12H11F2N3O3. The van der Waals surface area contributed by atoms with Crippen LogP contribution in [0.2, 0.25) is 0 Å². The topological polar surface area (TPSA) is 69.4 Å². The molecule has 20 heavy (non-hydrogen) atoms. The number of nitrogens with one attached hydrogen (secondary N) is 1. The molecule has 2 aromatic rings. The molecule has 0 fully saturated rings. The first-order chi connectivity index (χ1) is 9.43. The maximum absolute atomic E-state index is 12.9. The molecule has 1 aliphatic heterocycles. The molecule has 0 saturated carbocycles. The van der Waals surface area contributed by atoms with E-state index in [2.05, 4.69) is 24.9 Å². The van der Waals surface area contributed by atoms with Crippen LogP contribution in [0.25, 0.3) is 0 Å². The molecule has 0 unspecified atom stereocenters. The molecule has 1 N–H and O–H groups in total. The van der Waals surface area contributed by atoms with E-state index in [0.717, 1.165) is 0 Å². The summed E-state index contributed by atoms with van der Waals surface area (Å²) in [7, 11) is 0. The van der Waals surface area contributed by atoms with E-state index in [1.807, 2.05) is 6.92 Å². The van der Waals surface area contributed by atoms with Crippen molar-refractivity contribution in [2.45, 2.75) is 26.2 Å². The number of alkyl halides is 2. The Hall–Kier alpha value is -2.38. The summed E-state index contributed by atoms with van der Waals surface area (Å²) >= 11 is 0. The number of ether oxygens (including phenoxy) is 2. The van der Waals surface area contributed by atoms with E-state index in [1.165, 1.54) is 12.1 Å². The fourth-order valence-electron chi connectivity index (χ4n) is 1.84. The van der Waals surface area contributed by atoms with Crippen molar-refractivity contribution < 1.29 is 22.8 Å². The summed E-state index contributed by atoms with van der Waals surface area (Å²) in [5.41, 5.74) is 0.577. The largest absolute Gasteiger partial charge is 0.586 e. The van der Waals surface area contributed by atoms with Gasteiger partial charge in [0.1, 0.15) is 6.04 Å². The van der Waals surface area contributed by atoms with Gasteiger partial charge in [-0.1, -0.05) is 5.16 Å². The van der Waals surface area contributed by atoms with Crippen molar-refractivity contribution in [3.8, 4) is 11.5 Å². The van der Waals surface area contributed by atoms with Crippen LogP contribution in [-0.4, -0.2) is 16.4 Å². The van der Waals surface area contributed by atoms with Crippen LogP contribution in [0.4, 0.5) is 14.5 Å². The van der Waals surface area contributed by atoms with Gasteiger partial charge in [-0.25, -0.2) is 0 Å². The number of aryl methyl sites for hydroxylation is 1. The Balaban J connectivity index is 1.76. The van der Waals surface area contributed by atoms with Gasteiger partial charge in [-0.2, -0.15) is 4.98 Å². The normalized spacial score (nSPS) is 17.0. The summed E-state index contributed by atoms with van der Waals surface area (Å²) in [5, 5.41) is 6.74. The Morgan fingerprint density at radius 1 is 1.25 bits per heavy atom. The van der Waals surface area contributed by atoms with Crippen molar-refractivity contribution in [2.75, 3.05) is 5.32 Å². The van der Waals surface area contributed by atoms with Gasteiger partial charge in [-0.05, 0) is 26.0 Å². The van der Waals surface area contributed by atoms with E-state index in [0.29, 0.717) is 17.4 Å². The molecule has 106 valence electrons. The Bertz CT molecular complexity index is 645. The lowest BCUT2D eigenvalue weighted by Gasteiger charge is -2.11. The Morgan fingerprint density at radius 3 is 2.70 bits per heavy atom. The second-order valence-corrected chi connectivity index (χ2v) is 4.37. The summed E-state index contributed by atoms with van der Waals surface area (Å²) < 4.78 is 39.5. The first kappa shape index (κ1) is 12.6. The van der Waals surface area contributed by atoms with Crippen LogP contribution in [0.5, 0.6) is 11.5 Å². The van der Waals surface area contributed by atoms with Crippen molar-refractivity contribution in [3.63, 3.8) is 0 Å². The Labute approximate surface area is 112 Å². The molecule has 1 aliphatic rings. The van der Waals surface area contributed by atoms with Crippen molar-refractivity contribution in [3.05, 3.63) is 29.9 Å². The Morgan fingerprint density at radius 2 is 2.00 bits per heavy atom. The minimum absolute atomic E-state index is 0.00170. The number of hydrogen-bond donors (Lipinski definition) is 1. The summed E-state index contributed by atoms with van der Waals surface area (Å²) in [4.78, 5) is 4.09. The number of anilines is 1. The molecule has 8 heteroatoms. The number of aromatic nitrogens is 2. The van der Waals surface area contributed by atoms with Crippen molar-refractivity contribution in [2.24, 2.45) is 0 Å². The fourth-order valence-corrected chi connectivity index (χ4v) is 1.84. The van der Waals surface area contributed by atoms with Gasteiger partial charge in [0.15, 0.2) is 17.3 Å². The number of benzene rings is 1. The fraction of sp³-hybridized carbons (Fsp3) is 0.333. The van der Waals surface area contributed by atoms with Crippen LogP contribution in [0.3, 0.4) is 0 Å². The van der Waals surface area contributed by atoms with E-state index < -0.39 is 6.29 Å². The third-order valence-electron chi connectivity index (χ3n) is 2.70. The van der Waals surface area contributed by atoms with Crippen LogP contribution >= 0.6 is 0 Å². The van der Waals surface area contributed by atoms with Crippen LogP contribution < -0.4 is 14.8 Å². The zero-order chi connectivity index (χ0) is 14.3. The third-order valence-corrected chi connectivity index (χ3v) is 2.70. The highest BCUT2D eigenvalue weighted by molar-refractivity contribution is 5.56. The molecule has 2 heterocycles. The molecule has 0 amide bonds. The lowest BCUT2D eigenvalue weighted by Crippen LogP contribution is -2.25.